The second-order valence-electron chi connectivity index (χ2n) is 4.69. The Labute approximate surface area is 119 Å². The second-order valence-corrected chi connectivity index (χ2v) is 4.69. The quantitative estimate of drug-likeness (QED) is 0.726. The number of nitrogens with two attached hydrogens (primary N) is 1. The van der Waals surface area contributed by atoms with Crippen LogP contribution in [0, 0.1) is 0 Å². The predicted octanol–water partition coefficient (Wildman–Crippen LogP) is 0.908. The molecule has 3 N–H and O–H groups in total. The van der Waals surface area contributed by atoms with Gasteiger partial charge in [-0.05, 0) is 31.7 Å². The standard InChI is InChI=1S/C15H21N3O2/c1-4-9-17-15(20)11(2)18(3)10-12-5-7-13(8-6-12)14(16)19/h4-8,11H,1,9-10H2,2-3H3,(H2,16,19)(H,17,20)/t11-/m1/s1. The van der Waals surface area contributed by atoms with Crippen LogP contribution >= 0.6 is 0 Å². The summed E-state index contributed by atoms with van der Waals surface area (Å²) in [6.07, 6.45) is 1.65. The summed E-state index contributed by atoms with van der Waals surface area (Å²) < 4.78 is 0. The minimum absolute atomic E-state index is 0.0406. The molecule has 1 aromatic rings. The van der Waals surface area contributed by atoms with Gasteiger partial charge in [-0.25, -0.2) is 0 Å². The normalized spacial score (nSPS) is 11.9. The minimum Gasteiger partial charge on any atom is -0.366 e. The van der Waals surface area contributed by atoms with E-state index in [-0.39, 0.29) is 11.9 Å². The van der Waals surface area contributed by atoms with Crippen molar-refractivity contribution in [3.8, 4) is 0 Å². The highest BCUT2D eigenvalue weighted by atomic mass is 16.2. The van der Waals surface area contributed by atoms with Gasteiger partial charge in [0.25, 0.3) is 0 Å². The number of rotatable bonds is 7. The second kappa shape index (κ2) is 7.45. The summed E-state index contributed by atoms with van der Waals surface area (Å²) in [6.45, 7) is 6.48. The first-order valence-corrected chi connectivity index (χ1v) is 6.43. The van der Waals surface area contributed by atoms with Crippen LogP contribution in [0.2, 0.25) is 0 Å². The molecule has 0 aliphatic rings. The van der Waals surface area contributed by atoms with Gasteiger partial charge in [0.1, 0.15) is 0 Å². The number of benzene rings is 1. The number of nitrogens with one attached hydrogen (secondary N) is 1. The van der Waals surface area contributed by atoms with E-state index >= 15 is 0 Å². The van der Waals surface area contributed by atoms with E-state index in [9.17, 15) is 9.59 Å². The monoisotopic (exact) mass is 275 g/mol. The fraction of sp³-hybridized carbons (Fsp3) is 0.333. The largest absolute Gasteiger partial charge is 0.366 e. The van der Waals surface area contributed by atoms with Crippen molar-refractivity contribution in [1.29, 1.82) is 0 Å². The number of nitrogens with zero attached hydrogens (tertiary/aromatic N) is 1. The summed E-state index contributed by atoms with van der Waals surface area (Å²) in [5, 5.41) is 2.76. The highest BCUT2D eigenvalue weighted by molar-refractivity contribution is 5.92. The molecular formula is C15H21N3O2. The number of carbonyl (C=O) groups is 2. The maximum atomic E-state index is 11.8. The zero-order valence-electron chi connectivity index (χ0n) is 11.9. The predicted molar refractivity (Wildman–Crippen MR) is 79.1 cm³/mol. The van der Waals surface area contributed by atoms with E-state index in [1.165, 1.54) is 0 Å². The highest BCUT2D eigenvalue weighted by Crippen LogP contribution is 2.08. The molecule has 0 heterocycles. The Balaban J connectivity index is 2.60. The Hall–Kier alpha value is -2.14. The lowest BCUT2D eigenvalue weighted by Gasteiger charge is -2.23. The zero-order valence-corrected chi connectivity index (χ0v) is 11.9. The van der Waals surface area contributed by atoms with Gasteiger partial charge in [0, 0.05) is 18.7 Å². The van der Waals surface area contributed by atoms with Crippen LogP contribution in [0.5, 0.6) is 0 Å². The van der Waals surface area contributed by atoms with Crippen molar-refractivity contribution in [2.45, 2.75) is 19.5 Å². The third-order valence-electron chi connectivity index (χ3n) is 3.13. The van der Waals surface area contributed by atoms with Crippen molar-refractivity contribution in [2.24, 2.45) is 5.73 Å². The first-order valence-electron chi connectivity index (χ1n) is 6.43. The fourth-order valence-corrected chi connectivity index (χ4v) is 1.72. The first kappa shape index (κ1) is 15.9. The Morgan fingerprint density at radius 1 is 1.40 bits per heavy atom. The van der Waals surface area contributed by atoms with Crippen molar-refractivity contribution in [1.82, 2.24) is 10.2 Å². The topological polar surface area (TPSA) is 75.4 Å². The Morgan fingerprint density at radius 3 is 2.50 bits per heavy atom. The van der Waals surface area contributed by atoms with Crippen molar-refractivity contribution in [3.05, 3.63) is 48.0 Å². The lowest BCUT2D eigenvalue weighted by atomic mass is 10.1. The van der Waals surface area contributed by atoms with Crippen molar-refractivity contribution < 1.29 is 9.59 Å². The molecule has 0 fully saturated rings. The molecule has 0 aliphatic carbocycles. The van der Waals surface area contributed by atoms with Gasteiger partial charge in [-0.2, -0.15) is 0 Å². The van der Waals surface area contributed by atoms with Gasteiger partial charge in [0.15, 0.2) is 0 Å². The van der Waals surface area contributed by atoms with E-state index in [1.54, 1.807) is 18.2 Å². The molecule has 1 aromatic carbocycles. The summed E-state index contributed by atoms with van der Waals surface area (Å²) in [4.78, 5) is 24.7. The molecule has 5 heteroatoms. The summed E-state index contributed by atoms with van der Waals surface area (Å²) in [5.74, 6) is -0.483. The van der Waals surface area contributed by atoms with Crippen LogP contribution in [0.15, 0.2) is 36.9 Å². The van der Waals surface area contributed by atoms with E-state index in [2.05, 4.69) is 11.9 Å². The molecule has 0 spiro atoms. The number of amides is 2. The molecule has 0 saturated heterocycles. The number of carbonyl (C=O) groups excluding carboxylic acids is 2. The summed E-state index contributed by atoms with van der Waals surface area (Å²) >= 11 is 0. The van der Waals surface area contributed by atoms with Gasteiger partial charge in [0.05, 0.1) is 6.04 Å². The average Bonchev–Trinajstić information content (AvgIpc) is 2.44. The Bertz CT molecular complexity index is 482. The number of primary amides is 1. The Morgan fingerprint density at radius 2 is 2.00 bits per heavy atom. The molecule has 0 aromatic heterocycles. The molecule has 5 nitrogen and oxygen atoms in total. The van der Waals surface area contributed by atoms with E-state index in [1.807, 2.05) is 31.0 Å². The first-order chi connectivity index (χ1) is 9.45. The molecule has 1 atom stereocenters. The lowest BCUT2D eigenvalue weighted by Crippen LogP contribution is -2.42. The van der Waals surface area contributed by atoms with Crippen molar-refractivity contribution in [2.75, 3.05) is 13.6 Å². The van der Waals surface area contributed by atoms with Crippen molar-refractivity contribution >= 4 is 11.8 Å². The third-order valence-corrected chi connectivity index (χ3v) is 3.13. The van der Waals surface area contributed by atoms with Crippen LogP contribution in [-0.2, 0) is 11.3 Å². The molecule has 0 radical (unpaired) electrons. The van der Waals surface area contributed by atoms with Crippen LogP contribution in [0.25, 0.3) is 0 Å². The smallest absolute Gasteiger partial charge is 0.248 e. The fourth-order valence-electron chi connectivity index (χ4n) is 1.72. The van der Waals surface area contributed by atoms with Crippen LogP contribution < -0.4 is 11.1 Å². The number of hydrogen-bond acceptors (Lipinski definition) is 3. The Kier molecular flexibility index (Phi) is 5.93. The third kappa shape index (κ3) is 4.51. The van der Waals surface area contributed by atoms with Crippen LogP contribution in [-0.4, -0.2) is 36.3 Å². The number of likely N-dealkylation sites (N-methyl/N-ethyl adjacent to an activating group) is 1. The molecule has 0 saturated carbocycles. The van der Waals surface area contributed by atoms with Crippen LogP contribution in [0.1, 0.15) is 22.8 Å². The molecule has 108 valence electrons. The highest BCUT2D eigenvalue weighted by Gasteiger charge is 2.17. The van der Waals surface area contributed by atoms with E-state index < -0.39 is 5.91 Å². The van der Waals surface area contributed by atoms with Crippen LogP contribution in [0.4, 0.5) is 0 Å². The van der Waals surface area contributed by atoms with Gasteiger partial charge in [0.2, 0.25) is 11.8 Å². The van der Waals surface area contributed by atoms with E-state index in [4.69, 9.17) is 5.73 Å². The maximum Gasteiger partial charge on any atom is 0.248 e. The average molecular weight is 275 g/mol. The molecule has 0 bridgehead atoms. The number of hydrogen-bond donors (Lipinski definition) is 2. The molecule has 2 amide bonds. The summed E-state index contributed by atoms with van der Waals surface area (Å²) in [6, 6.07) is 6.81. The van der Waals surface area contributed by atoms with Gasteiger partial charge < -0.3 is 11.1 Å². The van der Waals surface area contributed by atoms with Crippen molar-refractivity contribution in [3.63, 3.8) is 0 Å². The van der Waals surface area contributed by atoms with Crippen LogP contribution in [0.3, 0.4) is 0 Å². The minimum atomic E-state index is -0.443. The summed E-state index contributed by atoms with van der Waals surface area (Å²) in [7, 11) is 1.88. The summed E-state index contributed by atoms with van der Waals surface area (Å²) in [5.41, 5.74) is 6.68. The maximum absolute atomic E-state index is 11.8. The SMILES string of the molecule is C=CCNC(=O)[C@@H](C)N(C)Cc1ccc(C(N)=O)cc1. The molecule has 20 heavy (non-hydrogen) atoms. The molecule has 0 aliphatic heterocycles. The van der Waals surface area contributed by atoms with E-state index in [0.29, 0.717) is 18.7 Å². The molecule has 1 rings (SSSR count). The zero-order chi connectivity index (χ0) is 15.1. The molecule has 0 unspecified atom stereocenters. The van der Waals surface area contributed by atoms with Gasteiger partial charge in [-0.1, -0.05) is 18.2 Å². The van der Waals surface area contributed by atoms with Gasteiger partial charge in [-0.15, -0.1) is 6.58 Å². The molecular weight excluding hydrogens is 254 g/mol. The van der Waals surface area contributed by atoms with Gasteiger partial charge in [-0.3, -0.25) is 14.5 Å². The van der Waals surface area contributed by atoms with E-state index in [0.717, 1.165) is 5.56 Å². The van der Waals surface area contributed by atoms with Gasteiger partial charge >= 0.3 is 0 Å². The lowest BCUT2D eigenvalue weighted by molar-refractivity contribution is -0.125.